The van der Waals surface area contributed by atoms with Gasteiger partial charge in [-0.05, 0) is 37.1 Å². The fourth-order valence-electron chi connectivity index (χ4n) is 4.87. The molecule has 10 heteroatoms. The summed E-state index contributed by atoms with van der Waals surface area (Å²) in [7, 11) is 0.742. The van der Waals surface area contributed by atoms with Gasteiger partial charge < -0.3 is 20.0 Å². The Kier molecular flexibility index (Phi) is 6.18. The van der Waals surface area contributed by atoms with Gasteiger partial charge >= 0.3 is 0 Å². The summed E-state index contributed by atoms with van der Waals surface area (Å²) in [5.74, 6) is 2.13. The highest BCUT2D eigenvalue weighted by Gasteiger charge is 2.31. The maximum absolute atomic E-state index is 12.7. The highest BCUT2D eigenvalue weighted by Crippen LogP contribution is 2.32. The van der Waals surface area contributed by atoms with Gasteiger partial charge in [0.05, 0.1) is 16.5 Å². The van der Waals surface area contributed by atoms with E-state index in [0.717, 1.165) is 48.2 Å². The number of hydrogen-bond donors (Lipinski definition) is 1. The van der Waals surface area contributed by atoms with Crippen molar-refractivity contribution < 1.29 is 9.00 Å². The number of benzene rings is 1. The van der Waals surface area contributed by atoms with Gasteiger partial charge in [-0.2, -0.15) is 4.98 Å². The van der Waals surface area contributed by atoms with Gasteiger partial charge in [-0.3, -0.25) is 9.00 Å². The van der Waals surface area contributed by atoms with Crippen LogP contribution in [0.2, 0.25) is 5.02 Å². The Morgan fingerprint density at radius 1 is 1.12 bits per heavy atom. The van der Waals surface area contributed by atoms with Crippen molar-refractivity contribution in [3.05, 3.63) is 34.5 Å². The second kappa shape index (κ2) is 9.10. The third-order valence-corrected chi connectivity index (χ3v) is 8.40. The fourth-order valence-corrected chi connectivity index (χ4v) is 6.41. The number of aromatic nitrogens is 2. The maximum atomic E-state index is 12.7. The number of nitrogens with one attached hydrogen (secondary N) is 1. The van der Waals surface area contributed by atoms with Crippen LogP contribution in [0.5, 0.6) is 0 Å². The van der Waals surface area contributed by atoms with Gasteiger partial charge in [0.25, 0.3) is 0 Å². The van der Waals surface area contributed by atoms with Crippen LogP contribution in [0.1, 0.15) is 24.1 Å². The monoisotopic (exact) mass is 488 g/mol. The molecular weight excluding hydrogens is 460 g/mol. The van der Waals surface area contributed by atoms with E-state index in [0.29, 0.717) is 36.9 Å². The van der Waals surface area contributed by atoms with Crippen LogP contribution >= 0.6 is 11.6 Å². The molecule has 2 saturated heterocycles. The minimum absolute atomic E-state index is 0.0990. The molecule has 0 aliphatic carbocycles. The number of likely N-dealkylation sites (tertiary alicyclic amines) is 1. The Morgan fingerprint density at radius 2 is 1.88 bits per heavy atom. The second-order valence-electron chi connectivity index (χ2n) is 9.01. The van der Waals surface area contributed by atoms with E-state index in [1.807, 2.05) is 19.2 Å². The van der Waals surface area contributed by atoms with Gasteiger partial charge in [-0.15, -0.1) is 0 Å². The molecule has 1 aromatic carbocycles. The lowest BCUT2D eigenvalue weighted by atomic mass is 10.1. The molecule has 1 aromatic heterocycles. The number of piperazine rings is 1. The predicted octanol–water partition coefficient (Wildman–Crippen LogP) is 2.46. The number of amides is 1. The third kappa shape index (κ3) is 4.53. The smallest absolute Gasteiger partial charge is 0.227 e. The van der Waals surface area contributed by atoms with Gasteiger partial charge in [0, 0.05) is 75.1 Å². The standard InChI is InChI=1S/C23H29ClN6O2S/c1-15-13-16(24)3-5-19(15)29-8-10-30(11-9-29)23-26-18-7-12-33(32)21(18)22(27-23)25-17-4-6-20(31)28(2)14-17/h3,5,13,17H,4,6-12,14H2,1-2H3,(H,25,26,27)/t17-,33?/m0/s1. The number of halogens is 1. The topological polar surface area (TPSA) is 81.7 Å². The van der Waals surface area contributed by atoms with E-state index >= 15 is 0 Å². The highest BCUT2D eigenvalue weighted by molar-refractivity contribution is 7.85. The zero-order valence-corrected chi connectivity index (χ0v) is 20.6. The molecule has 8 nitrogen and oxygen atoms in total. The number of carbonyl (C=O) groups excluding carboxylic acids is 1. The minimum Gasteiger partial charge on any atom is -0.368 e. The number of aryl methyl sites for hydroxylation is 2. The minimum atomic E-state index is -1.08. The maximum Gasteiger partial charge on any atom is 0.227 e. The number of fused-ring (bicyclic) bond motifs is 1. The molecule has 1 N–H and O–H groups in total. The highest BCUT2D eigenvalue weighted by atomic mass is 35.5. The quantitative estimate of drug-likeness (QED) is 0.707. The Labute approximate surface area is 201 Å². The van der Waals surface area contributed by atoms with Crippen molar-refractivity contribution in [2.45, 2.75) is 37.1 Å². The van der Waals surface area contributed by atoms with Crippen molar-refractivity contribution in [2.24, 2.45) is 0 Å². The number of hydrogen-bond acceptors (Lipinski definition) is 7. The zero-order valence-electron chi connectivity index (χ0n) is 19.0. The van der Waals surface area contributed by atoms with Crippen molar-refractivity contribution >= 4 is 45.8 Å². The van der Waals surface area contributed by atoms with Crippen LogP contribution in [0.15, 0.2) is 23.1 Å². The van der Waals surface area contributed by atoms with Crippen LogP contribution in [-0.4, -0.2) is 76.6 Å². The summed E-state index contributed by atoms with van der Waals surface area (Å²) in [6, 6.07) is 6.12. The average Bonchev–Trinajstić information content (AvgIpc) is 3.17. The molecule has 2 aromatic rings. The van der Waals surface area contributed by atoms with Crippen molar-refractivity contribution in [1.82, 2.24) is 14.9 Å². The molecule has 0 radical (unpaired) electrons. The first-order chi connectivity index (χ1) is 15.9. The van der Waals surface area contributed by atoms with E-state index in [-0.39, 0.29) is 11.9 Å². The zero-order chi connectivity index (χ0) is 23.1. The fraction of sp³-hybridized carbons (Fsp3) is 0.522. The predicted molar refractivity (Wildman–Crippen MR) is 132 cm³/mol. The average molecular weight is 489 g/mol. The van der Waals surface area contributed by atoms with Gasteiger partial charge in [-0.1, -0.05) is 11.6 Å². The van der Waals surface area contributed by atoms with E-state index in [1.54, 1.807) is 4.90 Å². The molecule has 2 fully saturated rings. The molecule has 0 bridgehead atoms. The van der Waals surface area contributed by atoms with Crippen LogP contribution in [0.25, 0.3) is 0 Å². The Morgan fingerprint density at radius 3 is 2.61 bits per heavy atom. The molecule has 33 heavy (non-hydrogen) atoms. The van der Waals surface area contributed by atoms with E-state index in [4.69, 9.17) is 21.6 Å². The lowest BCUT2D eigenvalue weighted by molar-refractivity contribution is -0.132. The number of rotatable bonds is 4. The number of carbonyl (C=O) groups is 1. The molecular formula is C23H29ClN6O2S. The summed E-state index contributed by atoms with van der Waals surface area (Å²) in [6.07, 6.45) is 1.98. The van der Waals surface area contributed by atoms with Crippen molar-refractivity contribution in [1.29, 1.82) is 0 Å². The number of piperidine rings is 1. The molecule has 176 valence electrons. The normalized spacial score (nSPS) is 23.1. The summed E-state index contributed by atoms with van der Waals surface area (Å²) in [6.45, 7) is 6.07. The van der Waals surface area contributed by atoms with E-state index in [9.17, 15) is 9.00 Å². The van der Waals surface area contributed by atoms with Crippen LogP contribution in [0.3, 0.4) is 0 Å². The Hall–Kier alpha value is -2.39. The molecule has 2 atom stereocenters. The Bertz CT molecular complexity index is 1100. The number of likely N-dealkylation sites (N-methyl/N-ethyl adjacent to an activating group) is 1. The molecule has 5 rings (SSSR count). The van der Waals surface area contributed by atoms with Crippen LogP contribution in [0.4, 0.5) is 17.5 Å². The SMILES string of the molecule is Cc1cc(Cl)ccc1N1CCN(c2nc3c(c(N[C@H]4CCC(=O)N(C)C4)n2)S(=O)CC3)CC1. The summed E-state index contributed by atoms with van der Waals surface area (Å²) < 4.78 is 12.7. The summed E-state index contributed by atoms with van der Waals surface area (Å²) in [5, 5.41) is 4.26. The van der Waals surface area contributed by atoms with Crippen molar-refractivity contribution in [3.63, 3.8) is 0 Å². The van der Waals surface area contributed by atoms with Gasteiger partial charge in [-0.25, -0.2) is 4.98 Å². The van der Waals surface area contributed by atoms with Crippen molar-refractivity contribution in [3.8, 4) is 0 Å². The van der Waals surface area contributed by atoms with Gasteiger partial charge in [0.2, 0.25) is 11.9 Å². The van der Waals surface area contributed by atoms with E-state index in [1.165, 1.54) is 11.3 Å². The first-order valence-electron chi connectivity index (χ1n) is 11.4. The first-order valence-corrected chi connectivity index (χ1v) is 13.1. The first kappa shape index (κ1) is 22.4. The van der Waals surface area contributed by atoms with E-state index in [2.05, 4.69) is 28.1 Å². The Balaban J connectivity index is 1.34. The largest absolute Gasteiger partial charge is 0.368 e. The van der Waals surface area contributed by atoms with Gasteiger partial charge in [0.15, 0.2) is 0 Å². The lowest BCUT2D eigenvalue weighted by Gasteiger charge is -2.37. The summed E-state index contributed by atoms with van der Waals surface area (Å²) >= 11 is 6.13. The van der Waals surface area contributed by atoms with Crippen molar-refractivity contribution in [2.75, 3.05) is 60.6 Å². The molecule has 0 saturated carbocycles. The van der Waals surface area contributed by atoms with E-state index < -0.39 is 10.8 Å². The lowest BCUT2D eigenvalue weighted by Crippen LogP contribution is -2.47. The molecule has 1 unspecified atom stereocenters. The molecule has 0 spiro atoms. The second-order valence-corrected chi connectivity index (χ2v) is 11.0. The molecule has 3 aliphatic rings. The van der Waals surface area contributed by atoms with Crippen LogP contribution in [-0.2, 0) is 22.0 Å². The molecule has 4 heterocycles. The third-order valence-electron chi connectivity index (χ3n) is 6.71. The van der Waals surface area contributed by atoms with Gasteiger partial charge in [0.1, 0.15) is 10.7 Å². The number of nitrogens with zero attached hydrogens (tertiary/aromatic N) is 5. The van der Waals surface area contributed by atoms with Crippen LogP contribution < -0.4 is 15.1 Å². The number of anilines is 3. The summed E-state index contributed by atoms with van der Waals surface area (Å²) in [4.78, 5) is 28.6. The summed E-state index contributed by atoms with van der Waals surface area (Å²) in [5.41, 5.74) is 3.27. The molecule has 3 aliphatic heterocycles. The van der Waals surface area contributed by atoms with Crippen LogP contribution in [0, 0.1) is 6.92 Å². The molecule has 1 amide bonds.